The zero-order valence-electron chi connectivity index (χ0n) is 7.70. The van der Waals surface area contributed by atoms with Gasteiger partial charge < -0.3 is 9.84 Å². The molecular weight excluding hydrogens is 152 g/mol. The highest BCUT2D eigenvalue weighted by atomic mass is 16.5. The van der Waals surface area contributed by atoms with Gasteiger partial charge in [0, 0.05) is 7.11 Å². The van der Waals surface area contributed by atoms with Gasteiger partial charge in [0.2, 0.25) is 0 Å². The standard InChI is InChI=1S/C10H18O2/c1-3-4-8-5-6-9(11)10(7-8)12-2/h3,8-11H,1,4-7H2,2H3. The fourth-order valence-electron chi connectivity index (χ4n) is 1.90. The predicted molar refractivity (Wildman–Crippen MR) is 49.0 cm³/mol. The lowest BCUT2D eigenvalue weighted by Crippen LogP contribution is -2.34. The van der Waals surface area contributed by atoms with Gasteiger partial charge in [0.1, 0.15) is 0 Å². The van der Waals surface area contributed by atoms with Gasteiger partial charge in [-0.05, 0) is 31.6 Å². The third kappa shape index (κ3) is 2.32. The van der Waals surface area contributed by atoms with Crippen molar-refractivity contribution in [3.05, 3.63) is 12.7 Å². The number of hydrogen-bond donors (Lipinski definition) is 1. The van der Waals surface area contributed by atoms with E-state index in [1.165, 1.54) is 0 Å². The molecule has 0 aromatic carbocycles. The van der Waals surface area contributed by atoms with E-state index in [1.54, 1.807) is 7.11 Å². The maximum atomic E-state index is 9.50. The summed E-state index contributed by atoms with van der Waals surface area (Å²) in [5.41, 5.74) is 0. The first kappa shape index (κ1) is 9.75. The van der Waals surface area contributed by atoms with Crippen LogP contribution in [0.2, 0.25) is 0 Å². The summed E-state index contributed by atoms with van der Waals surface area (Å²) in [6.07, 6.45) is 5.75. The summed E-state index contributed by atoms with van der Waals surface area (Å²) in [6, 6.07) is 0. The molecule has 12 heavy (non-hydrogen) atoms. The molecule has 1 saturated carbocycles. The third-order valence-corrected chi connectivity index (χ3v) is 2.67. The maximum absolute atomic E-state index is 9.50. The average molecular weight is 170 g/mol. The second kappa shape index (κ2) is 4.63. The van der Waals surface area contributed by atoms with E-state index in [4.69, 9.17) is 4.74 Å². The average Bonchev–Trinajstić information content (AvgIpc) is 2.09. The van der Waals surface area contributed by atoms with Gasteiger partial charge in [0.15, 0.2) is 0 Å². The summed E-state index contributed by atoms with van der Waals surface area (Å²) < 4.78 is 5.20. The number of aliphatic hydroxyl groups excluding tert-OH is 1. The van der Waals surface area contributed by atoms with Crippen LogP contribution < -0.4 is 0 Å². The van der Waals surface area contributed by atoms with E-state index in [0.717, 1.165) is 25.7 Å². The molecule has 0 aliphatic heterocycles. The Morgan fingerprint density at radius 1 is 1.58 bits per heavy atom. The minimum Gasteiger partial charge on any atom is -0.390 e. The molecule has 0 bridgehead atoms. The minimum absolute atomic E-state index is 0.0451. The lowest BCUT2D eigenvalue weighted by Gasteiger charge is -2.31. The Morgan fingerprint density at radius 3 is 2.92 bits per heavy atom. The first-order valence-electron chi connectivity index (χ1n) is 4.59. The highest BCUT2D eigenvalue weighted by molar-refractivity contribution is 4.83. The maximum Gasteiger partial charge on any atom is 0.0832 e. The summed E-state index contributed by atoms with van der Waals surface area (Å²) >= 11 is 0. The van der Waals surface area contributed by atoms with Crippen LogP contribution in [0.25, 0.3) is 0 Å². The molecule has 0 spiro atoms. The second-order valence-corrected chi connectivity index (χ2v) is 3.54. The van der Waals surface area contributed by atoms with Gasteiger partial charge >= 0.3 is 0 Å². The van der Waals surface area contributed by atoms with Crippen LogP contribution in [-0.2, 0) is 4.74 Å². The van der Waals surface area contributed by atoms with Crippen molar-refractivity contribution >= 4 is 0 Å². The molecule has 0 aromatic rings. The smallest absolute Gasteiger partial charge is 0.0832 e. The van der Waals surface area contributed by atoms with Crippen LogP contribution in [0.15, 0.2) is 12.7 Å². The molecule has 1 aliphatic rings. The highest BCUT2D eigenvalue weighted by Crippen LogP contribution is 2.28. The summed E-state index contributed by atoms with van der Waals surface area (Å²) in [4.78, 5) is 0. The summed E-state index contributed by atoms with van der Waals surface area (Å²) in [7, 11) is 1.67. The van der Waals surface area contributed by atoms with Crippen LogP contribution in [-0.4, -0.2) is 24.4 Å². The van der Waals surface area contributed by atoms with E-state index in [-0.39, 0.29) is 12.2 Å². The first-order chi connectivity index (χ1) is 5.77. The van der Waals surface area contributed by atoms with E-state index >= 15 is 0 Å². The Balaban J connectivity index is 2.38. The van der Waals surface area contributed by atoms with Crippen molar-refractivity contribution in [1.29, 1.82) is 0 Å². The zero-order valence-corrected chi connectivity index (χ0v) is 7.70. The fourth-order valence-corrected chi connectivity index (χ4v) is 1.90. The Morgan fingerprint density at radius 2 is 2.33 bits per heavy atom. The number of rotatable bonds is 3. The predicted octanol–water partition coefficient (Wildman–Crippen LogP) is 1.74. The molecule has 0 heterocycles. The lowest BCUT2D eigenvalue weighted by atomic mass is 9.83. The number of ether oxygens (including phenoxy) is 1. The van der Waals surface area contributed by atoms with Gasteiger partial charge in [-0.15, -0.1) is 6.58 Å². The first-order valence-corrected chi connectivity index (χ1v) is 4.59. The van der Waals surface area contributed by atoms with Gasteiger partial charge in [0.05, 0.1) is 12.2 Å². The molecule has 1 rings (SSSR count). The molecule has 1 aliphatic carbocycles. The van der Waals surface area contributed by atoms with Crippen LogP contribution in [0.4, 0.5) is 0 Å². The van der Waals surface area contributed by atoms with Crippen LogP contribution in [0, 0.1) is 5.92 Å². The van der Waals surface area contributed by atoms with E-state index in [2.05, 4.69) is 6.58 Å². The van der Waals surface area contributed by atoms with Crippen LogP contribution >= 0.6 is 0 Å². The molecule has 3 atom stereocenters. The summed E-state index contributed by atoms with van der Waals surface area (Å²) in [5.74, 6) is 0.663. The molecule has 0 saturated heterocycles. The van der Waals surface area contributed by atoms with Crippen molar-refractivity contribution in [1.82, 2.24) is 0 Å². The zero-order chi connectivity index (χ0) is 8.97. The fraction of sp³-hybridized carbons (Fsp3) is 0.800. The Bertz CT molecular complexity index is 145. The number of hydrogen-bond acceptors (Lipinski definition) is 2. The van der Waals surface area contributed by atoms with Gasteiger partial charge in [-0.2, -0.15) is 0 Å². The number of aliphatic hydroxyl groups is 1. The topological polar surface area (TPSA) is 29.5 Å². The van der Waals surface area contributed by atoms with E-state index in [9.17, 15) is 5.11 Å². The van der Waals surface area contributed by atoms with Crippen molar-refractivity contribution in [3.8, 4) is 0 Å². The molecule has 0 amide bonds. The summed E-state index contributed by atoms with van der Waals surface area (Å²) in [5, 5.41) is 9.50. The molecule has 0 radical (unpaired) electrons. The van der Waals surface area contributed by atoms with Gasteiger partial charge in [-0.3, -0.25) is 0 Å². The summed E-state index contributed by atoms with van der Waals surface area (Å²) in [6.45, 7) is 3.72. The molecule has 3 unspecified atom stereocenters. The van der Waals surface area contributed by atoms with Crippen molar-refractivity contribution in [2.24, 2.45) is 5.92 Å². The molecular formula is C10H18O2. The van der Waals surface area contributed by atoms with Crippen LogP contribution in [0.5, 0.6) is 0 Å². The molecule has 0 aromatic heterocycles. The van der Waals surface area contributed by atoms with Crippen molar-refractivity contribution in [3.63, 3.8) is 0 Å². The Kier molecular flexibility index (Phi) is 3.76. The highest BCUT2D eigenvalue weighted by Gasteiger charge is 2.28. The van der Waals surface area contributed by atoms with Crippen molar-refractivity contribution < 1.29 is 9.84 Å². The Labute approximate surface area is 74.2 Å². The lowest BCUT2D eigenvalue weighted by molar-refractivity contribution is -0.0499. The van der Waals surface area contributed by atoms with Gasteiger partial charge in [-0.1, -0.05) is 6.08 Å². The third-order valence-electron chi connectivity index (χ3n) is 2.67. The minimum atomic E-state index is -0.254. The van der Waals surface area contributed by atoms with Gasteiger partial charge in [-0.25, -0.2) is 0 Å². The molecule has 2 heteroatoms. The molecule has 70 valence electrons. The number of allylic oxidation sites excluding steroid dienone is 1. The van der Waals surface area contributed by atoms with E-state index < -0.39 is 0 Å². The Hall–Kier alpha value is -0.340. The molecule has 1 fully saturated rings. The van der Waals surface area contributed by atoms with E-state index in [1.807, 2.05) is 6.08 Å². The van der Waals surface area contributed by atoms with E-state index in [0.29, 0.717) is 5.92 Å². The quantitative estimate of drug-likeness (QED) is 0.654. The normalized spacial score (nSPS) is 36.3. The van der Waals surface area contributed by atoms with Crippen LogP contribution in [0.1, 0.15) is 25.7 Å². The van der Waals surface area contributed by atoms with Crippen molar-refractivity contribution in [2.45, 2.75) is 37.9 Å². The molecule has 1 N–H and O–H groups in total. The monoisotopic (exact) mass is 170 g/mol. The largest absolute Gasteiger partial charge is 0.390 e. The van der Waals surface area contributed by atoms with Crippen molar-refractivity contribution in [2.75, 3.05) is 7.11 Å². The number of methoxy groups -OCH3 is 1. The van der Waals surface area contributed by atoms with Crippen LogP contribution in [0.3, 0.4) is 0 Å². The SMILES string of the molecule is C=CCC1CCC(O)C(OC)C1. The molecule has 2 nitrogen and oxygen atoms in total. The second-order valence-electron chi connectivity index (χ2n) is 3.54. The van der Waals surface area contributed by atoms with Gasteiger partial charge in [0.25, 0.3) is 0 Å².